The molecule has 8 nitrogen and oxygen atoms in total. The average Bonchev–Trinajstić information content (AvgIpc) is 3.65. The molecule has 3 atom stereocenters. The first-order chi connectivity index (χ1) is 23.4. The van der Waals surface area contributed by atoms with Crippen LogP contribution in [0.15, 0.2) is 66.9 Å². The van der Waals surface area contributed by atoms with Gasteiger partial charge in [-0.25, -0.2) is 9.37 Å². The average molecular weight is 704 g/mol. The van der Waals surface area contributed by atoms with E-state index in [-0.39, 0.29) is 33.3 Å². The number of aliphatic hydroxyl groups is 1. The van der Waals surface area contributed by atoms with Crippen LogP contribution >= 0.6 is 11.6 Å². The second-order valence-electron chi connectivity index (χ2n) is 15.5. The first kappa shape index (κ1) is 34.3. The van der Waals surface area contributed by atoms with E-state index in [1.807, 2.05) is 11.8 Å². The number of ether oxygens (including phenoxy) is 1. The molecule has 3 fully saturated rings. The number of aromatic nitrogens is 3. The largest absolute Gasteiger partial charge is 0.461 e. The van der Waals surface area contributed by atoms with Crippen molar-refractivity contribution >= 4 is 47.0 Å². The van der Waals surface area contributed by atoms with Gasteiger partial charge in [0, 0.05) is 25.3 Å². The van der Waals surface area contributed by atoms with Crippen LogP contribution in [0.3, 0.4) is 0 Å². The molecule has 0 bridgehead atoms. The van der Waals surface area contributed by atoms with Crippen molar-refractivity contribution in [3.8, 4) is 6.01 Å². The molecule has 49 heavy (non-hydrogen) atoms. The lowest BCUT2D eigenvalue weighted by Gasteiger charge is -2.44. The first-order valence-electron chi connectivity index (χ1n) is 17.6. The van der Waals surface area contributed by atoms with Crippen molar-refractivity contribution in [2.75, 3.05) is 37.7 Å². The number of β-amino-alcohol motifs (C(OH)–C–C–N with tert-alkyl or cyclic N) is 1. The van der Waals surface area contributed by atoms with E-state index in [1.165, 1.54) is 16.6 Å². The number of hydrogen-bond donors (Lipinski definition) is 1. The Hall–Kier alpha value is -3.15. The molecule has 260 valence electrons. The molecule has 11 heteroatoms. The van der Waals surface area contributed by atoms with E-state index in [0.717, 1.165) is 38.6 Å². The highest BCUT2D eigenvalue weighted by molar-refractivity contribution is 6.99. The van der Waals surface area contributed by atoms with Crippen LogP contribution < -0.4 is 20.0 Å². The summed E-state index contributed by atoms with van der Waals surface area (Å²) >= 11 is 6.10. The molecule has 3 saturated heterocycles. The molecule has 0 unspecified atom stereocenters. The fourth-order valence-corrected chi connectivity index (χ4v) is 13.4. The van der Waals surface area contributed by atoms with Crippen LogP contribution in [0.4, 0.5) is 10.2 Å². The number of nitrogens with zero attached hydrogens (tertiary/aromatic N) is 5. The van der Waals surface area contributed by atoms with Gasteiger partial charge in [-0.3, -0.25) is 4.90 Å². The smallest absolute Gasteiger partial charge is 0.319 e. The van der Waals surface area contributed by atoms with E-state index >= 15 is 4.39 Å². The monoisotopic (exact) mass is 703 g/mol. The van der Waals surface area contributed by atoms with Gasteiger partial charge in [-0.1, -0.05) is 93.0 Å². The number of fused-ring (bicyclic) bond motifs is 2. The van der Waals surface area contributed by atoms with E-state index in [0.29, 0.717) is 43.9 Å². The van der Waals surface area contributed by atoms with Crippen LogP contribution in [0, 0.1) is 5.82 Å². The molecule has 5 heterocycles. The fraction of sp³-hybridized carbons (Fsp3) is 0.500. The molecule has 0 radical (unpaired) electrons. The van der Waals surface area contributed by atoms with Gasteiger partial charge in [0.05, 0.1) is 23.1 Å². The number of halogens is 2. The maximum absolute atomic E-state index is 15.4. The number of hydrogen-bond acceptors (Lipinski definition) is 8. The molecule has 7 rings (SSSR count). The molecular weight excluding hydrogens is 657 g/mol. The van der Waals surface area contributed by atoms with E-state index in [2.05, 4.69) is 96.3 Å². The molecular formula is C38H47ClFN5O3Si. The van der Waals surface area contributed by atoms with E-state index in [9.17, 15) is 5.11 Å². The zero-order valence-corrected chi connectivity index (χ0v) is 30.7. The molecule has 0 saturated carbocycles. The summed E-state index contributed by atoms with van der Waals surface area (Å²) in [5.41, 5.74) is -0.983. The molecule has 3 aliphatic rings. The summed E-state index contributed by atoms with van der Waals surface area (Å²) in [6, 6.07) is 22.0. The van der Waals surface area contributed by atoms with Gasteiger partial charge in [0.25, 0.3) is 8.32 Å². The van der Waals surface area contributed by atoms with Gasteiger partial charge in [0.2, 0.25) is 0 Å². The molecule has 2 aromatic heterocycles. The van der Waals surface area contributed by atoms with Gasteiger partial charge in [0.15, 0.2) is 11.0 Å². The molecule has 4 aromatic rings. The van der Waals surface area contributed by atoms with Crippen molar-refractivity contribution in [1.82, 2.24) is 19.9 Å². The Morgan fingerprint density at radius 2 is 1.65 bits per heavy atom. The summed E-state index contributed by atoms with van der Waals surface area (Å²) in [4.78, 5) is 17.9. The minimum absolute atomic E-state index is 0.0778. The normalized spacial score (nSPS) is 24.8. The summed E-state index contributed by atoms with van der Waals surface area (Å²) in [6.07, 6.45) is 7.03. The van der Waals surface area contributed by atoms with Gasteiger partial charge >= 0.3 is 6.01 Å². The lowest BCUT2D eigenvalue weighted by Crippen LogP contribution is -2.67. The van der Waals surface area contributed by atoms with Crippen LogP contribution in [-0.4, -0.2) is 83.3 Å². The Labute approximate surface area is 294 Å². The van der Waals surface area contributed by atoms with Crippen molar-refractivity contribution in [2.45, 2.75) is 88.4 Å². The quantitative estimate of drug-likeness (QED) is 0.165. The van der Waals surface area contributed by atoms with Crippen LogP contribution in [0.5, 0.6) is 6.01 Å². The number of benzene rings is 2. The van der Waals surface area contributed by atoms with Crippen LogP contribution in [0.2, 0.25) is 10.2 Å². The van der Waals surface area contributed by atoms with Crippen molar-refractivity contribution in [2.24, 2.45) is 0 Å². The summed E-state index contributed by atoms with van der Waals surface area (Å²) in [5, 5.41) is 13.5. The van der Waals surface area contributed by atoms with Gasteiger partial charge in [-0.05, 0) is 67.4 Å². The summed E-state index contributed by atoms with van der Waals surface area (Å²) < 4.78 is 29.2. The Kier molecular flexibility index (Phi) is 9.23. The molecule has 2 aromatic carbocycles. The topological polar surface area (TPSA) is 83.8 Å². The van der Waals surface area contributed by atoms with Crippen molar-refractivity contribution < 1.29 is 18.7 Å². The second kappa shape index (κ2) is 13.2. The second-order valence-corrected chi connectivity index (χ2v) is 20.1. The third-order valence-corrected chi connectivity index (χ3v) is 16.3. The fourth-order valence-electron chi connectivity index (χ4n) is 8.68. The third kappa shape index (κ3) is 6.35. The minimum atomic E-state index is -2.68. The minimum Gasteiger partial charge on any atom is -0.461 e. The van der Waals surface area contributed by atoms with E-state index < -0.39 is 19.7 Å². The summed E-state index contributed by atoms with van der Waals surface area (Å²) in [7, 11) is -2.68. The predicted octanol–water partition coefficient (Wildman–Crippen LogP) is 6.12. The van der Waals surface area contributed by atoms with Gasteiger partial charge in [-0.2, -0.15) is 9.97 Å². The predicted molar refractivity (Wildman–Crippen MR) is 195 cm³/mol. The summed E-state index contributed by atoms with van der Waals surface area (Å²) in [6.45, 7) is 11.8. The van der Waals surface area contributed by atoms with Crippen LogP contribution in [0.1, 0.15) is 66.2 Å². The zero-order chi connectivity index (χ0) is 34.4. The van der Waals surface area contributed by atoms with Crippen molar-refractivity contribution in [3.05, 3.63) is 77.8 Å². The Bertz CT molecular complexity index is 1750. The van der Waals surface area contributed by atoms with E-state index in [1.54, 1.807) is 0 Å². The molecule has 3 aliphatic heterocycles. The highest BCUT2D eigenvalue weighted by Gasteiger charge is 2.53. The highest BCUT2D eigenvalue weighted by Crippen LogP contribution is 2.44. The third-order valence-electron chi connectivity index (χ3n) is 11.0. The summed E-state index contributed by atoms with van der Waals surface area (Å²) in [5.74, 6) is -0.190. The number of rotatable bonds is 9. The number of pyridine rings is 1. The van der Waals surface area contributed by atoms with Crippen LogP contribution in [-0.2, 0) is 4.43 Å². The lowest BCUT2D eigenvalue weighted by atomic mass is 9.95. The maximum atomic E-state index is 15.4. The van der Waals surface area contributed by atoms with Gasteiger partial charge in [0.1, 0.15) is 17.9 Å². The number of anilines is 1. The maximum Gasteiger partial charge on any atom is 0.319 e. The van der Waals surface area contributed by atoms with Gasteiger partial charge < -0.3 is 19.2 Å². The zero-order valence-electron chi connectivity index (χ0n) is 29.0. The first-order valence-corrected chi connectivity index (χ1v) is 19.8. The SMILES string of the molecule is CC(C)(C)[Si](OC[C@H]1CC[C@]2(COc3nc(N4CCC[C@@](C)(O)C4)c4cnc(Cl)c(F)c4n3)CCCN12)(c1ccccc1)c1ccccc1. The van der Waals surface area contributed by atoms with Crippen LogP contribution in [0.25, 0.3) is 10.9 Å². The Balaban J connectivity index is 1.15. The standard InChI is InChI=1S/C38H47ClFN5O3Si/c1-36(2,3)49(28-13-7-5-8-14-28,29-15-9-6-10-16-29)48-24-27-17-20-38(19-12-22-45(27)38)26-47-35-42-32-30(23-41-33(39)31(32)40)34(43-35)44-21-11-18-37(4,46)25-44/h5-10,13-16,23,27,46H,11-12,17-22,24-26H2,1-4H3/t27-,37-,38+/m1/s1. The Morgan fingerprint density at radius 3 is 2.31 bits per heavy atom. The molecule has 0 spiro atoms. The van der Waals surface area contributed by atoms with E-state index in [4.69, 9.17) is 25.7 Å². The van der Waals surface area contributed by atoms with Crippen molar-refractivity contribution in [3.63, 3.8) is 0 Å². The molecule has 0 aliphatic carbocycles. The number of piperidine rings is 1. The van der Waals surface area contributed by atoms with Crippen molar-refractivity contribution in [1.29, 1.82) is 0 Å². The van der Waals surface area contributed by atoms with Gasteiger partial charge in [-0.15, -0.1) is 0 Å². The molecule has 1 N–H and O–H groups in total. The lowest BCUT2D eigenvalue weighted by molar-refractivity contribution is 0.0446. The Morgan fingerprint density at radius 1 is 0.980 bits per heavy atom. The molecule has 0 amide bonds. The highest BCUT2D eigenvalue weighted by atomic mass is 35.5.